The molecule has 0 aliphatic carbocycles. The number of aliphatic carboxylic acids is 2. The predicted molar refractivity (Wildman–Crippen MR) is 46.9 cm³/mol. The number of amides is 1. The van der Waals surface area contributed by atoms with Crippen LogP contribution in [0.5, 0.6) is 0 Å². The van der Waals surface area contributed by atoms with Gasteiger partial charge in [-0.2, -0.15) is 0 Å². The zero-order valence-corrected chi connectivity index (χ0v) is 7.71. The number of aliphatic hydroxyl groups excluding tert-OH is 1. The Kier molecular flexibility index (Phi) is 5.27. The first kappa shape index (κ1) is 13.3. The first-order valence-corrected chi connectivity index (χ1v) is 4.00. The molecule has 0 spiro atoms. The van der Waals surface area contributed by atoms with E-state index in [2.05, 4.69) is 0 Å². The van der Waals surface area contributed by atoms with Crippen molar-refractivity contribution in [3.8, 4) is 0 Å². The van der Waals surface area contributed by atoms with E-state index in [0.29, 0.717) is 0 Å². The molecular formula is C7H12N2O6. The number of rotatable bonds is 6. The van der Waals surface area contributed by atoms with Crippen molar-refractivity contribution in [2.75, 3.05) is 6.61 Å². The molecule has 8 heteroatoms. The van der Waals surface area contributed by atoms with Crippen LogP contribution < -0.4 is 11.1 Å². The monoisotopic (exact) mass is 220 g/mol. The molecule has 0 fully saturated rings. The molecule has 0 aliphatic heterocycles. The summed E-state index contributed by atoms with van der Waals surface area (Å²) in [5, 5.41) is 27.2. The molecule has 0 radical (unpaired) electrons. The first-order valence-electron chi connectivity index (χ1n) is 4.00. The first-order chi connectivity index (χ1) is 6.88. The second-order valence-electron chi connectivity index (χ2n) is 2.79. The summed E-state index contributed by atoms with van der Waals surface area (Å²) in [7, 11) is 0. The van der Waals surface area contributed by atoms with Gasteiger partial charge in [0.25, 0.3) is 0 Å². The SMILES string of the molecule is N[C@@H](CC(=O)O)C(=O)NC(CO)C(=O)O. The van der Waals surface area contributed by atoms with Crippen molar-refractivity contribution < 1.29 is 29.7 Å². The van der Waals surface area contributed by atoms with Gasteiger partial charge < -0.3 is 26.4 Å². The van der Waals surface area contributed by atoms with Gasteiger partial charge in [-0.05, 0) is 0 Å². The third-order valence-electron chi connectivity index (χ3n) is 1.53. The van der Waals surface area contributed by atoms with Gasteiger partial charge in [0.05, 0.1) is 19.1 Å². The standard InChI is InChI=1S/C7H12N2O6/c8-3(1-5(11)12)6(13)9-4(2-10)7(14)15/h3-4,10H,1-2,8H2,(H,9,13)(H,11,12)(H,14,15)/t3-,4?/m0/s1. The Balaban J connectivity index is 4.21. The van der Waals surface area contributed by atoms with Crippen LogP contribution in [0.15, 0.2) is 0 Å². The minimum absolute atomic E-state index is 0.608. The van der Waals surface area contributed by atoms with Crippen LogP contribution >= 0.6 is 0 Å². The van der Waals surface area contributed by atoms with Crippen molar-refractivity contribution >= 4 is 17.8 Å². The van der Waals surface area contributed by atoms with Crippen LogP contribution in [0.25, 0.3) is 0 Å². The van der Waals surface area contributed by atoms with Gasteiger partial charge in [-0.1, -0.05) is 0 Å². The summed E-state index contributed by atoms with van der Waals surface area (Å²) in [6.45, 7) is -0.791. The number of carboxylic acid groups (broad SMARTS) is 2. The molecule has 0 aliphatic rings. The Morgan fingerprint density at radius 2 is 1.80 bits per heavy atom. The van der Waals surface area contributed by atoms with Crippen LogP contribution in [0.3, 0.4) is 0 Å². The average Bonchev–Trinajstić information content (AvgIpc) is 2.11. The summed E-state index contributed by atoms with van der Waals surface area (Å²) >= 11 is 0. The maximum atomic E-state index is 11.1. The van der Waals surface area contributed by atoms with E-state index < -0.39 is 43.0 Å². The highest BCUT2D eigenvalue weighted by Gasteiger charge is 2.23. The van der Waals surface area contributed by atoms with E-state index in [9.17, 15) is 14.4 Å². The normalized spacial score (nSPS) is 14.0. The fraction of sp³-hybridized carbons (Fsp3) is 0.571. The molecule has 1 unspecified atom stereocenters. The number of hydrogen-bond acceptors (Lipinski definition) is 5. The second kappa shape index (κ2) is 5.94. The van der Waals surface area contributed by atoms with Crippen LogP contribution in [-0.2, 0) is 14.4 Å². The zero-order chi connectivity index (χ0) is 12.0. The lowest BCUT2D eigenvalue weighted by molar-refractivity contribution is -0.143. The predicted octanol–water partition coefficient (Wildman–Crippen LogP) is -2.65. The highest BCUT2D eigenvalue weighted by molar-refractivity contribution is 5.89. The lowest BCUT2D eigenvalue weighted by Crippen LogP contribution is -2.50. The largest absolute Gasteiger partial charge is 0.481 e. The van der Waals surface area contributed by atoms with E-state index in [1.165, 1.54) is 0 Å². The molecule has 1 amide bonds. The van der Waals surface area contributed by atoms with Crippen LogP contribution in [0, 0.1) is 0 Å². The van der Waals surface area contributed by atoms with Crippen LogP contribution in [0.4, 0.5) is 0 Å². The number of nitrogens with two attached hydrogens (primary N) is 1. The Morgan fingerprint density at radius 3 is 2.13 bits per heavy atom. The van der Waals surface area contributed by atoms with E-state index in [1.54, 1.807) is 0 Å². The molecule has 0 aromatic heterocycles. The summed E-state index contributed by atoms with van der Waals surface area (Å²) in [4.78, 5) is 31.6. The quantitative estimate of drug-likeness (QED) is 0.328. The number of nitrogens with one attached hydrogen (secondary N) is 1. The molecule has 6 N–H and O–H groups in total. The van der Waals surface area contributed by atoms with E-state index in [0.717, 1.165) is 0 Å². The lowest BCUT2D eigenvalue weighted by atomic mass is 10.2. The van der Waals surface area contributed by atoms with E-state index >= 15 is 0 Å². The third kappa shape index (κ3) is 4.93. The number of aliphatic hydroxyl groups is 1. The maximum Gasteiger partial charge on any atom is 0.328 e. The zero-order valence-electron chi connectivity index (χ0n) is 7.71. The molecular weight excluding hydrogens is 208 g/mol. The van der Waals surface area contributed by atoms with Crippen molar-refractivity contribution in [2.45, 2.75) is 18.5 Å². The van der Waals surface area contributed by atoms with Crippen LogP contribution in [0.2, 0.25) is 0 Å². The van der Waals surface area contributed by atoms with Gasteiger partial charge in [0.15, 0.2) is 0 Å². The summed E-state index contributed by atoms with van der Waals surface area (Å²) < 4.78 is 0. The molecule has 0 rings (SSSR count). The van der Waals surface area contributed by atoms with Crippen LogP contribution in [-0.4, -0.2) is 51.9 Å². The number of carbonyl (C=O) groups is 3. The van der Waals surface area contributed by atoms with E-state index in [-0.39, 0.29) is 0 Å². The molecule has 0 aromatic carbocycles. The molecule has 86 valence electrons. The van der Waals surface area contributed by atoms with Crippen molar-refractivity contribution in [1.82, 2.24) is 5.32 Å². The highest BCUT2D eigenvalue weighted by atomic mass is 16.4. The molecule has 0 aromatic rings. The van der Waals surface area contributed by atoms with E-state index in [1.807, 2.05) is 5.32 Å². The summed E-state index contributed by atoms with van der Waals surface area (Å²) in [6.07, 6.45) is -0.608. The molecule has 15 heavy (non-hydrogen) atoms. The fourth-order valence-electron chi connectivity index (χ4n) is 0.745. The maximum absolute atomic E-state index is 11.1. The van der Waals surface area contributed by atoms with Gasteiger partial charge in [-0.25, -0.2) is 4.79 Å². The molecule has 0 bridgehead atoms. The number of carboxylic acids is 2. The number of hydrogen-bond donors (Lipinski definition) is 5. The van der Waals surface area contributed by atoms with Crippen molar-refractivity contribution in [3.63, 3.8) is 0 Å². The van der Waals surface area contributed by atoms with Gasteiger partial charge >= 0.3 is 11.9 Å². The van der Waals surface area contributed by atoms with Gasteiger partial charge in [0.2, 0.25) is 5.91 Å². The summed E-state index contributed by atoms with van der Waals surface area (Å²) in [5.74, 6) is -3.62. The smallest absolute Gasteiger partial charge is 0.328 e. The Bertz CT molecular complexity index is 266. The summed E-state index contributed by atoms with van der Waals surface area (Å²) in [5.41, 5.74) is 5.15. The van der Waals surface area contributed by atoms with Gasteiger partial charge in [-0.3, -0.25) is 9.59 Å². The van der Waals surface area contributed by atoms with Crippen molar-refractivity contribution in [1.29, 1.82) is 0 Å². The highest BCUT2D eigenvalue weighted by Crippen LogP contribution is 1.91. The van der Waals surface area contributed by atoms with E-state index in [4.69, 9.17) is 21.1 Å². The minimum atomic E-state index is -1.47. The topological polar surface area (TPSA) is 150 Å². The molecule has 0 saturated heterocycles. The Hall–Kier alpha value is -1.67. The minimum Gasteiger partial charge on any atom is -0.481 e. The molecule has 0 heterocycles. The van der Waals surface area contributed by atoms with Gasteiger partial charge in [0, 0.05) is 0 Å². The molecule has 2 atom stereocenters. The number of carbonyl (C=O) groups excluding carboxylic acids is 1. The van der Waals surface area contributed by atoms with Crippen molar-refractivity contribution in [2.24, 2.45) is 5.73 Å². The van der Waals surface area contributed by atoms with Crippen molar-refractivity contribution in [3.05, 3.63) is 0 Å². The summed E-state index contributed by atoms with van der Waals surface area (Å²) in [6, 6.07) is -2.81. The van der Waals surface area contributed by atoms with Crippen LogP contribution in [0.1, 0.15) is 6.42 Å². The Labute approximate surface area is 84.7 Å². The molecule has 8 nitrogen and oxygen atoms in total. The lowest BCUT2D eigenvalue weighted by Gasteiger charge is -2.14. The fourth-order valence-corrected chi connectivity index (χ4v) is 0.745. The average molecular weight is 220 g/mol. The van der Waals surface area contributed by atoms with Gasteiger partial charge in [0.1, 0.15) is 6.04 Å². The third-order valence-corrected chi connectivity index (χ3v) is 1.53. The molecule has 0 saturated carbocycles. The second-order valence-corrected chi connectivity index (χ2v) is 2.79. The Morgan fingerprint density at radius 1 is 1.27 bits per heavy atom. The van der Waals surface area contributed by atoms with Gasteiger partial charge in [-0.15, -0.1) is 0 Å².